The molecule has 11 heteroatoms. The van der Waals surface area contributed by atoms with E-state index in [1.165, 1.54) is 23.1 Å². The summed E-state index contributed by atoms with van der Waals surface area (Å²) >= 11 is 11.8. The van der Waals surface area contributed by atoms with E-state index in [4.69, 9.17) is 23.2 Å². The molecule has 1 heterocycles. The minimum absolute atomic E-state index is 0.108. The molecule has 3 rings (SSSR count). The molecule has 2 aromatic rings. The maximum Gasteiger partial charge on any atom is 0.416 e. The van der Waals surface area contributed by atoms with Gasteiger partial charge in [0.2, 0.25) is 5.91 Å². The summed E-state index contributed by atoms with van der Waals surface area (Å²) in [4.78, 5) is 38.6. The lowest BCUT2D eigenvalue weighted by atomic mass is 9.95. The zero-order chi connectivity index (χ0) is 23.5. The summed E-state index contributed by atoms with van der Waals surface area (Å²) in [6.45, 7) is 0.512. The van der Waals surface area contributed by atoms with Crippen LogP contribution < -0.4 is 10.9 Å². The molecule has 1 fully saturated rings. The average Bonchev–Trinajstić information content (AvgIpc) is 2.78. The molecular formula is C21H18Cl2F3N3O3. The predicted molar refractivity (Wildman–Crippen MR) is 112 cm³/mol. The zero-order valence-electron chi connectivity index (χ0n) is 16.5. The van der Waals surface area contributed by atoms with Gasteiger partial charge in [0.25, 0.3) is 11.8 Å². The minimum atomic E-state index is -4.47. The topological polar surface area (TPSA) is 78.5 Å². The van der Waals surface area contributed by atoms with Gasteiger partial charge in [-0.15, -0.1) is 0 Å². The Morgan fingerprint density at radius 3 is 2.16 bits per heavy atom. The Morgan fingerprint density at radius 1 is 0.938 bits per heavy atom. The maximum absolute atomic E-state index is 12.7. The first kappa shape index (κ1) is 23.9. The number of alkyl halides is 3. The Morgan fingerprint density at radius 2 is 1.56 bits per heavy atom. The molecule has 3 amide bonds. The van der Waals surface area contributed by atoms with Crippen LogP contribution in [0.5, 0.6) is 0 Å². The SMILES string of the molecule is O=C(NNC(=O)C1CCN(C(=O)c2ccc(C(F)(F)F)cc2)CC1)c1cc(Cl)ccc1Cl. The molecular weight excluding hydrogens is 470 g/mol. The van der Waals surface area contributed by atoms with Gasteiger partial charge in [-0.2, -0.15) is 13.2 Å². The fourth-order valence-corrected chi connectivity index (χ4v) is 3.66. The highest BCUT2D eigenvalue weighted by molar-refractivity contribution is 6.35. The van der Waals surface area contributed by atoms with Crippen LogP contribution in [0.15, 0.2) is 42.5 Å². The summed E-state index contributed by atoms with van der Waals surface area (Å²) in [5.74, 6) is -1.89. The lowest BCUT2D eigenvalue weighted by Crippen LogP contribution is -2.48. The van der Waals surface area contributed by atoms with E-state index in [0.717, 1.165) is 24.3 Å². The van der Waals surface area contributed by atoms with E-state index in [2.05, 4.69) is 10.9 Å². The minimum Gasteiger partial charge on any atom is -0.339 e. The van der Waals surface area contributed by atoms with Crippen molar-refractivity contribution in [1.82, 2.24) is 15.8 Å². The molecule has 1 aliphatic rings. The Balaban J connectivity index is 1.50. The summed E-state index contributed by atoms with van der Waals surface area (Å²) in [5, 5.41) is 0.493. The van der Waals surface area contributed by atoms with Crippen LogP contribution in [0.4, 0.5) is 13.2 Å². The molecule has 32 heavy (non-hydrogen) atoms. The van der Waals surface area contributed by atoms with Crippen LogP contribution in [-0.2, 0) is 11.0 Å². The van der Waals surface area contributed by atoms with Gasteiger partial charge in [-0.3, -0.25) is 25.2 Å². The number of nitrogens with zero attached hydrogens (tertiary/aromatic N) is 1. The van der Waals surface area contributed by atoms with Gasteiger partial charge in [0.1, 0.15) is 0 Å². The highest BCUT2D eigenvalue weighted by Crippen LogP contribution is 2.29. The first-order valence-corrected chi connectivity index (χ1v) is 10.3. The van der Waals surface area contributed by atoms with Crippen molar-refractivity contribution in [1.29, 1.82) is 0 Å². The summed E-state index contributed by atoms with van der Waals surface area (Å²) in [6.07, 6.45) is -3.79. The molecule has 0 radical (unpaired) electrons. The third kappa shape index (κ3) is 5.72. The van der Waals surface area contributed by atoms with Crippen LogP contribution >= 0.6 is 23.2 Å². The maximum atomic E-state index is 12.7. The Bertz CT molecular complexity index is 1020. The largest absolute Gasteiger partial charge is 0.416 e. The Kier molecular flexibility index (Phi) is 7.30. The molecule has 170 valence electrons. The smallest absolute Gasteiger partial charge is 0.339 e. The number of halogens is 5. The van der Waals surface area contributed by atoms with Crippen molar-refractivity contribution in [2.24, 2.45) is 5.92 Å². The summed E-state index contributed by atoms with van der Waals surface area (Å²) in [5.41, 5.74) is 4.06. The lowest BCUT2D eigenvalue weighted by molar-refractivity contribution is -0.137. The fourth-order valence-electron chi connectivity index (χ4n) is 3.29. The third-order valence-corrected chi connectivity index (χ3v) is 5.65. The molecule has 0 aromatic heterocycles. The quantitative estimate of drug-likeness (QED) is 0.632. The number of likely N-dealkylation sites (tertiary alicyclic amines) is 1. The van der Waals surface area contributed by atoms with Gasteiger partial charge in [0, 0.05) is 29.6 Å². The second-order valence-corrected chi connectivity index (χ2v) is 8.05. The van der Waals surface area contributed by atoms with Crippen LogP contribution in [0.1, 0.15) is 39.1 Å². The molecule has 0 aliphatic carbocycles. The van der Waals surface area contributed by atoms with Gasteiger partial charge >= 0.3 is 6.18 Å². The van der Waals surface area contributed by atoms with Crippen molar-refractivity contribution in [3.05, 3.63) is 69.2 Å². The second-order valence-electron chi connectivity index (χ2n) is 7.21. The van der Waals surface area contributed by atoms with Crippen LogP contribution in [0, 0.1) is 5.92 Å². The van der Waals surface area contributed by atoms with E-state index in [1.54, 1.807) is 0 Å². The first-order chi connectivity index (χ1) is 15.1. The molecule has 2 N–H and O–H groups in total. The van der Waals surface area contributed by atoms with Crippen LogP contribution in [0.3, 0.4) is 0 Å². The monoisotopic (exact) mass is 487 g/mol. The van der Waals surface area contributed by atoms with E-state index in [0.29, 0.717) is 17.9 Å². The van der Waals surface area contributed by atoms with Crippen molar-refractivity contribution in [3.8, 4) is 0 Å². The Labute approximate surface area is 191 Å². The van der Waals surface area contributed by atoms with E-state index in [1.807, 2.05) is 0 Å². The number of rotatable bonds is 3. The molecule has 0 spiro atoms. The number of hydrazine groups is 1. The molecule has 2 aromatic carbocycles. The third-order valence-electron chi connectivity index (χ3n) is 5.08. The molecule has 0 atom stereocenters. The molecule has 0 bridgehead atoms. The van der Waals surface area contributed by atoms with Gasteiger partial charge in [-0.25, -0.2) is 0 Å². The molecule has 0 saturated carbocycles. The van der Waals surface area contributed by atoms with Gasteiger partial charge in [0.05, 0.1) is 16.1 Å². The molecule has 1 aliphatic heterocycles. The summed E-state index contributed by atoms with van der Waals surface area (Å²) in [7, 11) is 0. The zero-order valence-corrected chi connectivity index (χ0v) is 18.0. The fraction of sp³-hybridized carbons (Fsp3) is 0.286. The van der Waals surface area contributed by atoms with E-state index in [9.17, 15) is 27.6 Å². The van der Waals surface area contributed by atoms with Crippen molar-refractivity contribution in [2.75, 3.05) is 13.1 Å². The standard InChI is InChI=1S/C21H18Cl2F3N3O3/c22-15-5-6-17(23)16(11-15)19(31)28-27-18(30)12-7-9-29(10-8-12)20(32)13-1-3-14(4-2-13)21(24,25)26/h1-6,11-12H,7-10H2,(H,27,30)(H,28,31). The van der Waals surface area contributed by atoms with E-state index >= 15 is 0 Å². The van der Waals surface area contributed by atoms with Crippen molar-refractivity contribution in [3.63, 3.8) is 0 Å². The van der Waals surface area contributed by atoms with Crippen molar-refractivity contribution < 1.29 is 27.6 Å². The van der Waals surface area contributed by atoms with Gasteiger partial charge in [-0.1, -0.05) is 23.2 Å². The number of benzene rings is 2. The molecule has 6 nitrogen and oxygen atoms in total. The van der Waals surface area contributed by atoms with Gasteiger partial charge in [0.15, 0.2) is 0 Å². The first-order valence-electron chi connectivity index (χ1n) is 9.58. The highest BCUT2D eigenvalue weighted by atomic mass is 35.5. The van der Waals surface area contributed by atoms with Gasteiger partial charge in [-0.05, 0) is 55.3 Å². The normalized spacial score (nSPS) is 14.7. The van der Waals surface area contributed by atoms with E-state index in [-0.39, 0.29) is 29.2 Å². The van der Waals surface area contributed by atoms with Crippen LogP contribution in [-0.4, -0.2) is 35.7 Å². The number of piperidine rings is 1. The summed E-state index contributed by atoms with van der Waals surface area (Å²) < 4.78 is 38.0. The molecule has 1 saturated heterocycles. The number of hydrogen-bond acceptors (Lipinski definition) is 3. The van der Waals surface area contributed by atoms with Gasteiger partial charge < -0.3 is 4.90 Å². The second kappa shape index (κ2) is 9.79. The number of amides is 3. The number of carbonyl (C=O) groups is 3. The van der Waals surface area contributed by atoms with Crippen LogP contribution in [0.2, 0.25) is 10.0 Å². The number of carbonyl (C=O) groups excluding carboxylic acids is 3. The lowest BCUT2D eigenvalue weighted by Gasteiger charge is -2.31. The molecule has 0 unspecified atom stereocenters. The Hall–Kier alpha value is -2.78. The highest BCUT2D eigenvalue weighted by Gasteiger charge is 2.31. The van der Waals surface area contributed by atoms with E-state index < -0.39 is 35.4 Å². The van der Waals surface area contributed by atoms with Crippen molar-refractivity contribution in [2.45, 2.75) is 19.0 Å². The summed E-state index contributed by atoms with van der Waals surface area (Å²) in [6, 6.07) is 8.37. The number of hydrogen-bond donors (Lipinski definition) is 2. The average molecular weight is 488 g/mol. The van der Waals surface area contributed by atoms with Crippen molar-refractivity contribution >= 4 is 40.9 Å². The predicted octanol–water partition coefficient (Wildman–Crippen LogP) is 4.33. The number of nitrogens with one attached hydrogen (secondary N) is 2. The van der Waals surface area contributed by atoms with Crippen LogP contribution in [0.25, 0.3) is 0 Å².